The van der Waals surface area contributed by atoms with E-state index in [1.165, 1.54) is 6.92 Å². The van der Waals surface area contributed by atoms with E-state index in [-0.39, 0.29) is 0 Å². The molecule has 1 aromatic carbocycles. The SMILES string of the molecule is CC(=O)N(C(=O)O)c1ccccc1. The quantitative estimate of drug-likeness (QED) is 0.714. The van der Waals surface area contributed by atoms with Crippen LogP contribution in [-0.2, 0) is 4.79 Å². The highest BCUT2D eigenvalue weighted by atomic mass is 16.4. The Kier molecular flexibility index (Phi) is 2.64. The Hall–Kier alpha value is -1.84. The van der Waals surface area contributed by atoms with Crippen LogP contribution in [-0.4, -0.2) is 17.1 Å². The van der Waals surface area contributed by atoms with Gasteiger partial charge in [-0.3, -0.25) is 4.79 Å². The van der Waals surface area contributed by atoms with Crippen molar-refractivity contribution in [3.8, 4) is 0 Å². The van der Waals surface area contributed by atoms with Gasteiger partial charge in [-0.05, 0) is 12.1 Å². The van der Waals surface area contributed by atoms with Crippen molar-refractivity contribution in [2.45, 2.75) is 6.92 Å². The Morgan fingerprint density at radius 2 is 1.77 bits per heavy atom. The molecule has 13 heavy (non-hydrogen) atoms. The highest BCUT2D eigenvalue weighted by Gasteiger charge is 2.17. The first-order valence-electron chi connectivity index (χ1n) is 3.71. The molecule has 0 radical (unpaired) electrons. The second-order valence-electron chi connectivity index (χ2n) is 2.47. The van der Waals surface area contributed by atoms with E-state index in [0.717, 1.165) is 0 Å². The largest absolute Gasteiger partial charge is 0.464 e. The topological polar surface area (TPSA) is 57.6 Å². The smallest absolute Gasteiger partial charge is 0.418 e. The van der Waals surface area contributed by atoms with E-state index < -0.39 is 12.0 Å². The molecule has 0 bridgehead atoms. The zero-order valence-electron chi connectivity index (χ0n) is 7.10. The third-order valence-electron chi connectivity index (χ3n) is 1.52. The van der Waals surface area contributed by atoms with Crippen LogP contribution in [0.15, 0.2) is 30.3 Å². The maximum absolute atomic E-state index is 10.9. The normalized spacial score (nSPS) is 9.31. The van der Waals surface area contributed by atoms with Crippen molar-refractivity contribution < 1.29 is 14.7 Å². The summed E-state index contributed by atoms with van der Waals surface area (Å²) >= 11 is 0. The number of para-hydroxylation sites is 1. The van der Waals surface area contributed by atoms with Crippen molar-refractivity contribution in [1.29, 1.82) is 0 Å². The van der Waals surface area contributed by atoms with Crippen LogP contribution >= 0.6 is 0 Å². The molecule has 1 rings (SSSR count). The number of hydrogen-bond donors (Lipinski definition) is 1. The molecule has 2 amide bonds. The van der Waals surface area contributed by atoms with Gasteiger partial charge in [-0.1, -0.05) is 18.2 Å². The molecule has 0 aliphatic heterocycles. The zero-order chi connectivity index (χ0) is 9.84. The van der Waals surface area contributed by atoms with Crippen LogP contribution in [0.3, 0.4) is 0 Å². The van der Waals surface area contributed by atoms with Crippen LogP contribution < -0.4 is 4.90 Å². The van der Waals surface area contributed by atoms with Crippen molar-refractivity contribution in [3.05, 3.63) is 30.3 Å². The number of benzene rings is 1. The molecule has 0 aliphatic carbocycles. The molecular formula is C9H9NO3. The third kappa shape index (κ3) is 2.05. The Morgan fingerprint density at radius 1 is 1.23 bits per heavy atom. The average molecular weight is 179 g/mol. The minimum atomic E-state index is -1.27. The molecule has 4 nitrogen and oxygen atoms in total. The fourth-order valence-corrected chi connectivity index (χ4v) is 1.00. The number of nitrogens with zero attached hydrogens (tertiary/aromatic N) is 1. The van der Waals surface area contributed by atoms with Crippen molar-refractivity contribution >= 4 is 17.7 Å². The second-order valence-corrected chi connectivity index (χ2v) is 2.47. The van der Waals surface area contributed by atoms with Gasteiger partial charge in [0, 0.05) is 6.92 Å². The van der Waals surface area contributed by atoms with E-state index in [2.05, 4.69) is 0 Å². The van der Waals surface area contributed by atoms with Crippen molar-refractivity contribution in [2.75, 3.05) is 4.90 Å². The fourth-order valence-electron chi connectivity index (χ4n) is 1.00. The summed E-state index contributed by atoms with van der Waals surface area (Å²) in [5.74, 6) is -0.515. The summed E-state index contributed by atoms with van der Waals surface area (Å²) in [6, 6.07) is 8.23. The molecule has 0 unspecified atom stereocenters. The Balaban J connectivity index is 3.03. The van der Waals surface area contributed by atoms with Gasteiger partial charge < -0.3 is 5.11 Å². The van der Waals surface area contributed by atoms with Crippen LogP contribution in [0, 0.1) is 0 Å². The second kappa shape index (κ2) is 3.71. The highest BCUT2D eigenvalue weighted by Crippen LogP contribution is 2.13. The van der Waals surface area contributed by atoms with Crippen molar-refractivity contribution in [2.24, 2.45) is 0 Å². The Morgan fingerprint density at radius 3 is 2.15 bits per heavy atom. The lowest BCUT2D eigenvalue weighted by Crippen LogP contribution is -2.33. The molecule has 0 atom stereocenters. The monoisotopic (exact) mass is 179 g/mol. The molecular weight excluding hydrogens is 170 g/mol. The lowest BCUT2D eigenvalue weighted by atomic mass is 10.3. The van der Waals surface area contributed by atoms with Crippen LogP contribution in [0.1, 0.15) is 6.92 Å². The number of imide groups is 1. The first-order chi connectivity index (χ1) is 6.13. The average Bonchev–Trinajstić information content (AvgIpc) is 2.04. The van der Waals surface area contributed by atoms with Gasteiger partial charge in [-0.2, -0.15) is 0 Å². The van der Waals surface area contributed by atoms with E-state index in [9.17, 15) is 9.59 Å². The fraction of sp³-hybridized carbons (Fsp3) is 0.111. The Bertz CT molecular complexity index is 307. The lowest BCUT2D eigenvalue weighted by molar-refractivity contribution is -0.116. The van der Waals surface area contributed by atoms with Gasteiger partial charge in [0.05, 0.1) is 5.69 Å². The van der Waals surface area contributed by atoms with Gasteiger partial charge in [0.1, 0.15) is 0 Å². The molecule has 1 aromatic rings. The molecule has 0 aliphatic rings. The van der Waals surface area contributed by atoms with Gasteiger partial charge in [0.25, 0.3) is 0 Å². The molecule has 4 heteroatoms. The third-order valence-corrected chi connectivity index (χ3v) is 1.52. The van der Waals surface area contributed by atoms with Gasteiger partial charge in [-0.25, -0.2) is 9.69 Å². The van der Waals surface area contributed by atoms with E-state index in [4.69, 9.17) is 5.11 Å². The summed E-state index contributed by atoms with van der Waals surface area (Å²) in [5, 5.41) is 8.70. The molecule has 1 N–H and O–H groups in total. The summed E-state index contributed by atoms with van der Waals surface area (Å²) in [6.45, 7) is 1.21. The summed E-state index contributed by atoms with van der Waals surface area (Å²) in [6.07, 6.45) is -1.27. The molecule has 68 valence electrons. The number of rotatable bonds is 1. The first kappa shape index (κ1) is 9.25. The molecule has 0 heterocycles. The number of anilines is 1. The van der Waals surface area contributed by atoms with E-state index in [1.54, 1.807) is 30.3 Å². The predicted molar refractivity (Wildman–Crippen MR) is 47.6 cm³/mol. The first-order valence-corrected chi connectivity index (χ1v) is 3.71. The number of carboxylic acid groups (broad SMARTS) is 1. The minimum absolute atomic E-state index is 0.363. The number of hydrogen-bond acceptors (Lipinski definition) is 2. The Labute approximate surface area is 75.4 Å². The predicted octanol–water partition coefficient (Wildman–Crippen LogP) is 1.72. The van der Waals surface area contributed by atoms with Crippen molar-refractivity contribution in [1.82, 2.24) is 0 Å². The van der Waals surface area contributed by atoms with Crippen molar-refractivity contribution in [3.63, 3.8) is 0 Å². The maximum Gasteiger partial charge on any atom is 0.418 e. The lowest BCUT2D eigenvalue weighted by Gasteiger charge is -2.14. The maximum atomic E-state index is 10.9. The van der Waals surface area contributed by atoms with Crippen LogP contribution in [0.2, 0.25) is 0 Å². The van der Waals surface area contributed by atoms with Gasteiger partial charge >= 0.3 is 6.09 Å². The number of amides is 2. The number of carbonyl (C=O) groups excluding carboxylic acids is 1. The zero-order valence-corrected chi connectivity index (χ0v) is 7.10. The number of carbonyl (C=O) groups is 2. The molecule has 0 saturated carbocycles. The minimum Gasteiger partial charge on any atom is -0.464 e. The van der Waals surface area contributed by atoms with Gasteiger partial charge in [-0.15, -0.1) is 0 Å². The van der Waals surface area contributed by atoms with Gasteiger partial charge in [0.2, 0.25) is 5.91 Å². The summed E-state index contributed by atoms with van der Waals surface area (Å²) in [4.78, 5) is 22.3. The molecule has 0 fully saturated rings. The summed E-state index contributed by atoms with van der Waals surface area (Å²) in [5.41, 5.74) is 0.363. The van der Waals surface area contributed by atoms with E-state index in [0.29, 0.717) is 10.6 Å². The van der Waals surface area contributed by atoms with Crippen LogP contribution in [0.4, 0.5) is 10.5 Å². The van der Waals surface area contributed by atoms with Crippen LogP contribution in [0.25, 0.3) is 0 Å². The highest BCUT2D eigenvalue weighted by molar-refractivity contribution is 6.10. The van der Waals surface area contributed by atoms with E-state index >= 15 is 0 Å². The standard InChI is InChI=1S/C9H9NO3/c1-7(11)10(9(12)13)8-5-3-2-4-6-8/h2-6H,1H3,(H,12,13). The molecule has 0 spiro atoms. The molecule has 0 aromatic heterocycles. The summed E-state index contributed by atoms with van der Waals surface area (Å²) < 4.78 is 0. The van der Waals surface area contributed by atoms with Crippen LogP contribution in [0.5, 0.6) is 0 Å². The van der Waals surface area contributed by atoms with E-state index in [1.807, 2.05) is 0 Å². The summed E-state index contributed by atoms with van der Waals surface area (Å²) in [7, 11) is 0. The molecule has 0 saturated heterocycles. The van der Waals surface area contributed by atoms with Gasteiger partial charge in [0.15, 0.2) is 0 Å².